The van der Waals surface area contributed by atoms with Gasteiger partial charge in [-0.05, 0) is 242 Å². The molecule has 8 aromatic rings. The fraction of sp³-hybridized carbons (Fsp3) is 0.473. The molecular weight excluding hydrogens is 1280 g/mol. The Hall–Kier alpha value is -6.64. The van der Waals surface area contributed by atoms with Gasteiger partial charge in [0.05, 0.1) is 18.2 Å². The number of aryl methyl sites for hydroxylation is 4. The summed E-state index contributed by atoms with van der Waals surface area (Å²) < 4.78 is 92.8. The lowest BCUT2D eigenvalue weighted by Gasteiger charge is -2.19. The van der Waals surface area contributed by atoms with E-state index in [-0.39, 0.29) is 35.2 Å². The molecular formula is C91H126ClF7O. The van der Waals surface area contributed by atoms with Gasteiger partial charge in [-0.3, -0.25) is 0 Å². The van der Waals surface area contributed by atoms with Crippen molar-refractivity contribution in [2.75, 3.05) is 7.11 Å². The van der Waals surface area contributed by atoms with Crippen LogP contribution in [0.4, 0.5) is 30.7 Å². The summed E-state index contributed by atoms with van der Waals surface area (Å²) in [5.74, 6) is 5.80. The minimum absolute atomic E-state index is 0.0189. The Balaban J connectivity index is 0.000000575. The summed E-state index contributed by atoms with van der Waals surface area (Å²) in [6.45, 7) is 49.9. The molecule has 9 heteroatoms. The first-order chi connectivity index (χ1) is 46.4. The minimum Gasteiger partial charge on any atom is -0.497 e. The van der Waals surface area contributed by atoms with Crippen molar-refractivity contribution in [1.29, 1.82) is 0 Å². The van der Waals surface area contributed by atoms with Crippen molar-refractivity contribution in [3.63, 3.8) is 0 Å². The Kier molecular flexibility index (Phi) is 42.8. The van der Waals surface area contributed by atoms with E-state index >= 15 is 0 Å². The molecule has 0 unspecified atom stereocenters. The van der Waals surface area contributed by atoms with Gasteiger partial charge in [-0.25, -0.2) is 4.39 Å². The largest absolute Gasteiger partial charge is 0.497 e. The fourth-order valence-corrected chi connectivity index (χ4v) is 11.0. The second kappa shape index (κ2) is 46.8. The molecule has 0 aliphatic rings. The van der Waals surface area contributed by atoms with Crippen LogP contribution in [0.15, 0.2) is 182 Å². The number of hydrogen-bond donors (Lipinski definition) is 0. The fourth-order valence-electron chi connectivity index (χ4n) is 10.7. The van der Waals surface area contributed by atoms with E-state index in [1.807, 2.05) is 24.3 Å². The van der Waals surface area contributed by atoms with Crippen LogP contribution in [0.2, 0.25) is 5.02 Å². The maximum atomic E-state index is 12.6. The van der Waals surface area contributed by atoms with E-state index in [0.717, 1.165) is 71.4 Å². The Morgan fingerprint density at radius 2 is 0.670 bits per heavy atom. The first kappa shape index (κ1) is 91.4. The number of methoxy groups -OCH3 is 1. The highest BCUT2D eigenvalue weighted by atomic mass is 35.5. The summed E-state index contributed by atoms with van der Waals surface area (Å²) in [4.78, 5) is 0. The van der Waals surface area contributed by atoms with E-state index in [2.05, 4.69) is 267 Å². The van der Waals surface area contributed by atoms with Gasteiger partial charge in [-0.1, -0.05) is 288 Å². The van der Waals surface area contributed by atoms with Gasteiger partial charge < -0.3 is 4.74 Å². The zero-order valence-corrected chi connectivity index (χ0v) is 66.3. The average molecular weight is 1400 g/mol. The van der Waals surface area contributed by atoms with Crippen LogP contribution in [0.5, 0.6) is 5.75 Å². The number of rotatable bonds is 17. The quantitative estimate of drug-likeness (QED) is 0.0826. The second-order valence-electron chi connectivity index (χ2n) is 31.1. The SMILES string of the molecule is CC(C)Cc1cc(C(F)(F)F)cc(C(F)(F)F)c1.CC(C)Cc1ccc(C(C)(C)C)cc1.CC(C)Cc1cccc(F)c1.CC(C)Cc1ccccc1.COc1cccc(CC(C)C)c1.Cc1ccc(CC(C)C)c(C)c1.Cc1ccc(CC(C)C)c(Cl)c1.Cc1ccc(CC(C)C)cc1. The maximum Gasteiger partial charge on any atom is 0.416 e. The third-order valence-electron chi connectivity index (χ3n) is 15.3. The van der Waals surface area contributed by atoms with Crippen LogP contribution in [0, 0.1) is 80.9 Å². The molecule has 8 rings (SSSR count). The minimum atomic E-state index is -4.77. The smallest absolute Gasteiger partial charge is 0.416 e. The van der Waals surface area contributed by atoms with Crippen molar-refractivity contribution in [1.82, 2.24) is 0 Å². The Morgan fingerprint density at radius 3 is 1.06 bits per heavy atom. The molecule has 552 valence electrons. The molecule has 0 aromatic heterocycles. The summed E-state index contributed by atoms with van der Waals surface area (Å²) in [5.41, 5.74) is 14.1. The highest BCUT2D eigenvalue weighted by Crippen LogP contribution is 2.37. The third-order valence-corrected chi connectivity index (χ3v) is 15.6. The van der Waals surface area contributed by atoms with Crippen molar-refractivity contribution in [3.05, 3.63) is 276 Å². The van der Waals surface area contributed by atoms with Gasteiger partial charge in [0.15, 0.2) is 0 Å². The van der Waals surface area contributed by atoms with Crippen LogP contribution < -0.4 is 4.74 Å². The van der Waals surface area contributed by atoms with Gasteiger partial charge in [-0.2, -0.15) is 26.3 Å². The highest BCUT2D eigenvalue weighted by Gasteiger charge is 2.37. The zero-order valence-electron chi connectivity index (χ0n) is 65.5. The van der Waals surface area contributed by atoms with Gasteiger partial charge >= 0.3 is 12.4 Å². The second-order valence-corrected chi connectivity index (χ2v) is 31.5. The molecule has 0 aliphatic heterocycles. The van der Waals surface area contributed by atoms with Crippen LogP contribution in [-0.2, 0) is 69.1 Å². The van der Waals surface area contributed by atoms with Crippen LogP contribution >= 0.6 is 11.6 Å². The number of hydrogen-bond acceptors (Lipinski definition) is 1. The van der Waals surface area contributed by atoms with E-state index in [9.17, 15) is 30.7 Å². The van der Waals surface area contributed by atoms with E-state index in [1.54, 1.807) is 33.1 Å². The highest BCUT2D eigenvalue weighted by molar-refractivity contribution is 6.31. The molecule has 0 bridgehead atoms. The monoisotopic (exact) mass is 1400 g/mol. The summed E-state index contributed by atoms with van der Waals surface area (Å²) >= 11 is 6.07. The summed E-state index contributed by atoms with van der Waals surface area (Å²) in [7, 11) is 1.70. The Bertz CT molecular complexity index is 3360. The van der Waals surface area contributed by atoms with Crippen LogP contribution in [-0.4, -0.2) is 7.11 Å². The molecule has 0 saturated heterocycles. The summed E-state index contributed by atoms with van der Waals surface area (Å²) in [6, 6.07) is 58.2. The molecule has 0 atom stereocenters. The molecule has 0 saturated carbocycles. The first-order valence-corrected chi connectivity index (χ1v) is 36.5. The topological polar surface area (TPSA) is 9.23 Å². The van der Waals surface area contributed by atoms with Crippen molar-refractivity contribution < 1.29 is 35.5 Å². The summed E-state index contributed by atoms with van der Waals surface area (Å²) in [5, 5.41) is 0.906. The van der Waals surface area contributed by atoms with Crippen LogP contribution in [0.3, 0.4) is 0 Å². The van der Waals surface area contributed by atoms with E-state index in [1.165, 1.54) is 92.9 Å². The predicted molar refractivity (Wildman–Crippen MR) is 419 cm³/mol. The van der Waals surface area contributed by atoms with E-state index < -0.39 is 23.5 Å². The lowest BCUT2D eigenvalue weighted by atomic mass is 9.86. The van der Waals surface area contributed by atoms with Crippen molar-refractivity contribution in [2.24, 2.45) is 47.3 Å². The molecule has 0 fully saturated rings. The number of benzene rings is 8. The molecule has 1 nitrogen and oxygen atoms in total. The number of alkyl halides is 6. The van der Waals surface area contributed by atoms with Gasteiger partial charge in [-0.15, -0.1) is 0 Å². The lowest BCUT2D eigenvalue weighted by Crippen LogP contribution is -2.12. The first-order valence-electron chi connectivity index (χ1n) is 36.1. The van der Waals surface area contributed by atoms with Gasteiger partial charge in [0.1, 0.15) is 11.6 Å². The normalized spacial score (nSPS) is 11.2. The molecule has 0 aliphatic carbocycles. The van der Waals surface area contributed by atoms with Crippen molar-refractivity contribution >= 4 is 11.6 Å². The molecule has 100 heavy (non-hydrogen) atoms. The molecule has 0 amide bonds. The van der Waals surface area contributed by atoms with E-state index in [4.69, 9.17) is 16.3 Å². The molecule has 0 heterocycles. The molecule has 0 spiro atoms. The van der Waals surface area contributed by atoms with Crippen LogP contribution in [0.1, 0.15) is 215 Å². The summed E-state index contributed by atoms with van der Waals surface area (Å²) in [6.07, 6.45) is -1.45. The maximum absolute atomic E-state index is 12.6. The lowest BCUT2D eigenvalue weighted by molar-refractivity contribution is -0.143. The van der Waals surface area contributed by atoms with Gasteiger partial charge in [0.2, 0.25) is 0 Å². The predicted octanol–water partition coefficient (Wildman–Crippen LogP) is 28.5. The third kappa shape index (κ3) is 43.2. The average Bonchev–Trinajstić information content (AvgIpc) is 0.808. The van der Waals surface area contributed by atoms with Gasteiger partial charge in [0, 0.05) is 5.02 Å². The zero-order chi connectivity index (χ0) is 76.1. The van der Waals surface area contributed by atoms with Crippen molar-refractivity contribution in [2.45, 2.75) is 228 Å². The molecule has 0 N–H and O–H groups in total. The number of ether oxygens (including phenoxy) is 1. The van der Waals surface area contributed by atoms with Gasteiger partial charge in [0.25, 0.3) is 0 Å². The Labute approximate surface area is 608 Å². The molecule has 0 radical (unpaired) electrons. The standard InChI is InChI=1S/C14H22.C12H12F6.C12H18.C11H15Cl.C11H16O.C11H16.C10H13F.C10H14/c1-11(2)10-12-6-8-13(9-7-12)14(3,4)5;1-7(2)3-8-4-9(11(13,14)15)6-10(5-8)12(16,17)18;1-9(2)7-12-6-5-10(3)8-11(12)4;1-8(2)6-10-5-4-9(3)7-11(10)12;1-9(2)7-10-5-4-6-11(8-10)12-3;1-9(2)8-11-6-4-10(3)5-7-11;1-8(2)6-9-4-3-5-10(11)7-9;1-9(2)8-10-6-4-3-5-7-10/h6-9,11H,10H2,1-5H3;4-7H,3H2,1-2H3;5-6,8-9H,7H2,1-4H3;4-5,7-8H,6H2,1-3H3;4-6,8-9H,7H2,1-3H3;4-7,9H,8H2,1-3H3;3-5,7-8H,6H2,1-2H3;3-7,9H,8H2,1-2H3. The molecule has 8 aromatic carbocycles. The van der Waals surface area contributed by atoms with Crippen molar-refractivity contribution in [3.8, 4) is 5.75 Å². The van der Waals surface area contributed by atoms with Crippen LogP contribution in [0.25, 0.3) is 0 Å². The number of halogens is 8. The Morgan fingerprint density at radius 1 is 0.320 bits per heavy atom. The van der Waals surface area contributed by atoms with E-state index in [0.29, 0.717) is 17.8 Å².